The highest BCUT2D eigenvalue weighted by Crippen LogP contribution is 2.22. The molecule has 0 aliphatic carbocycles. The van der Waals surface area contributed by atoms with E-state index < -0.39 is 15.9 Å². The van der Waals surface area contributed by atoms with Crippen LogP contribution in [-0.4, -0.2) is 14.3 Å². The maximum absolute atomic E-state index is 12.4. The summed E-state index contributed by atoms with van der Waals surface area (Å²) in [7, 11) is -3.74. The summed E-state index contributed by atoms with van der Waals surface area (Å²) in [6, 6.07) is 11.8. The monoisotopic (exact) mass is 398 g/mol. The molecule has 28 heavy (non-hydrogen) atoms. The van der Waals surface area contributed by atoms with Crippen LogP contribution in [0.25, 0.3) is 0 Å². The van der Waals surface area contributed by atoms with Crippen LogP contribution < -0.4 is 15.8 Å². The number of anilines is 1. The van der Waals surface area contributed by atoms with Crippen molar-refractivity contribution in [3.05, 3.63) is 70.4 Å². The zero-order valence-electron chi connectivity index (χ0n) is 15.9. The smallest absolute Gasteiger partial charge is 0.267 e. The molecule has 0 saturated carbocycles. The maximum Gasteiger partial charge on any atom is 0.267 e. The Morgan fingerprint density at radius 3 is 2.21 bits per heavy atom. The number of aryl methyl sites for hydroxylation is 3. The molecule has 0 aliphatic rings. The molecule has 0 bridgehead atoms. The lowest BCUT2D eigenvalue weighted by Crippen LogP contribution is -2.18. The van der Waals surface area contributed by atoms with E-state index in [1.54, 1.807) is 12.1 Å². The Balaban J connectivity index is 2.06. The van der Waals surface area contributed by atoms with Crippen LogP contribution in [0.2, 0.25) is 0 Å². The number of nitrogens with one attached hydrogen (secondary N) is 2. The molecule has 0 aromatic heterocycles. The molecule has 0 atom stereocenters. The fourth-order valence-electron chi connectivity index (χ4n) is 2.77. The number of hydrogen-bond donors (Lipinski definition) is 3. The van der Waals surface area contributed by atoms with Crippen LogP contribution in [0.5, 0.6) is 0 Å². The number of rotatable bonds is 6. The van der Waals surface area contributed by atoms with Gasteiger partial charge in [0, 0.05) is 18.4 Å². The predicted molar refractivity (Wildman–Crippen MR) is 108 cm³/mol. The van der Waals surface area contributed by atoms with E-state index in [-0.39, 0.29) is 10.5 Å². The van der Waals surface area contributed by atoms with Gasteiger partial charge in [-0.05, 0) is 49.6 Å². The summed E-state index contributed by atoms with van der Waals surface area (Å²) in [6.07, 6.45) is 1.34. The highest BCUT2D eigenvalue weighted by molar-refractivity contribution is 7.89. The van der Waals surface area contributed by atoms with Crippen molar-refractivity contribution < 1.29 is 13.2 Å². The lowest BCUT2D eigenvalue weighted by molar-refractivity contribution is -0.112. The number of primary sulfonamides is 1. The number of amides is 1. The predicted octanol–water partition coefficient (Wildman–Crippen LogP) is 2.40. The molecule has 0 fully saturated rings. The average molecular weight is 398 g/mol. The van der Waals surface area contributed by atoms with Gasteiger partial charge < -0.3 is 10.6 Å². The van der Waals surface area contributed by atoms with Crippen molar-refractivity contribution in [1.29, 1.82) is 5.26 Å². The van der Waals surface area contributed by atoms with Gasteiger partial charge >= 0.3 is 0 Å². The van der Waals surface area contributed by atoms with Gasteiger partial charge in [-0.15, -0.1) is 0 Å². The van der Waals surface area contributed by atoms with E-state index in [0.29, 0.717) is 12.2 Å². The first-order valence-corrected chi connectivity index (χ1v) is 10.0. The minimum atomic E-state index is -3.74. The first-order chi connectivity index (χ1) is 13.1. The molecule has 1 amide bonds. The summed E-state index contributed by atoms with van der Waals surface area (Å²) in [5.41, 5.74) is 4.33. The number of carbonyl (C=O) groups excluding carboxylic acids is 1. The first-order valence-electron chi connectivity index (χ1n) is 8.46. The third-order valence-electron chi connectivity index (χ3n) is 4.09. The van der Waals surface area contributed by atoms with Crippen molar-refractivity contribution in [1.82, 2.24) is 5.32 Å². The van der Waals surface area contributed by atoms with Gasteiger partial charge in [0.1, 0.15) is 11.6 Å². The molecule has 2 aromatic carbocycles. The number of hydrogen-bond acceptors (Lipinski definition) is 5. The van der Waals surface area contributed by atoms with Gasteiger partial charge in [-0.1, -0.05) is 29.8 Å². The Morgan fingerprint density at radius 2 is 1.71 bits per heavy atom. The highest BCUT2D eigenvalue weighted by atomic mass is 32.2. The van der Waals surface area contributed by atoms with E-state index in [1.165, 1.54) is 18.3 Å². The lowest BCUT2D eigenvalue weighted by atomic mass is 10.0. The first kappa shape index (κ1) is 21.2. The summed E-state index contributed by atoms with van der Waals surface area (Å²) in [6.45, 7) is 6.08. The molecular weight excluding hydrogens is 376 g/mol. The van der Waals surface area contributed by atoms with Crippen molar-refractivity contribution in [2.75, 3.05) is 5.32 Å². The SMILES string of the molecule is Cc1cc(C)c(NC(=O)/C(C#N)=C\NCc2ccc(S(N)(=O)=O)cc2)c(C)c1. The third-order valence-corrected chi connectivity index (χ3v) is 5.01. The Kier molecular flexibility index (Phi) is 6.57. The van der Waals surface area contributed by atoms with Gasteiger partial charge in [-0.3, -0.25) is 4.79 Å². The molecule has 0 unspecified atom stereocenters. The summed E-state index contributed by atoms with van der Waals surface area (Å²) in [4.78, 5) is 12.4. The fraction of sp³-hybridized carbons (Fsp3) is 0.200. The molecule has 2 aromatic rings. The van der Waals surface area contributed by atoms with E-state index in [9.17, 15) is 18.5 Å². The van der Waals surface area contributed by atoms with E-state index >= 15 is 0 Å². The van der Waals surface area contributed by atoms with E-state index in [1.807, 2.05) is 39.0 Å². The third kappa shape index (κ3) is 5.42. The van der Waals surface area contributed by atoms with Crippen LogP contribution in [0.1, 0.15) is 22.3 Å². The molecule has 0 spiro atoms. The van der Waals surface area contributed by atoms with Crippen molar-refractivity contribution in [3.8, 4) is 6.07 Å². The number of nitrogens with two attached hydrogens (primary N) is 1. The number of sulfonamides is 1. The van der Waals surface area contributed by atoms with E-state index in [2.05, 4.69) is 10.6 Å². The van der Waals surface area contributed by atoms with Crippen molar-refractivity contribution in [2.45, 2.75) is 32.2 Å². The van der Waals surface area contributed by atoms with E-state index in [4.69, 9.17) is 5.14 Å². The number of nitriles is 1. The molecular formula is C20H22N4O3S. The van der Waals surface area contributed by atoms with Crippen LogP contribution in [-0.2, 0) is 21.4 Å². The number of nitrogens with zero attached hydrogens (tertiary/aromatic N) is 1. The van der Waals surface area contributed by atoms with Gasteiger partial charge in [0.15, 0.2) is 0 Å². The molecule has 2 rings (SSSR count). The summed E-state index contributed by atoms with van der Waals surface area (Å²) >= 11 is 0. The largest absolute Gasteiger partial charge is 0.386 e. The second-order valence-corrected chi connectivity index (χ2v) is 8.03. The van der Waals surface area contributed by atoms with Gasteiger partial charge in [-0.2, -0.15) is 5.26 Å². The van der Waals surface area contributed by atoms with Crippen LogP contribution >= 0.6 is 0 Å². The van der Waals surface area contributed by atoms with Crippen LogP contribution in [0.4, 0.5) is 5.69 Å². The number of benzene rings is 2. The van der Waals surface area contributed by atoms with Crippen molar-refractivity contribution in [3.63, 3.8) is 0 Å². The van der Waals surface area contributed by atoms with Crippen LogP contribution in [0.15, 0.2) is 53.1 Å². The van der Waals surface area contributed by atoms with Crippen LogP contribution in [0.3, 0.4) is 0 Å². The minimum Gasteiger partial charge on any atom is -0.386 e. The van der Waals surface area contributed by atoms with E-state index in [0.717, 1.165) is 22.3 Å². The molecule has 0 heterocycles. The molecule has 7 nitrogen and oxygen atoms in total. The van der Waals surface area contributed by atoms with Gasteiger partial charge in [0.05, 0.1) is 4.90 Å². The van der Waals surface area contributed by atoms with Gasteiger partial charge in [0.25, 0.3) is 5.91 Å². The normalized spacial score (nSPS) is 11.6. The molecule has 0 aliphatic heterocycles. The minimum absolute atomic E-state index is 0.0210. The Morgan fingerprint density at radius 1 is 1.14 bits per heavy atom. The molecule has 4 N–H and O–H groups in total. The second-order valence-electron chi connectivity index (χ2n) is 6.47. The van der Waals surface area contributed by atoms with Crippen molar-refractivity contribution in [2.24, 2.45) is 5.14 Å². The second kappa shape index (κ2) is 8.69. The topological polar surface area (TPSA) is 125 Å². The molecule has 8 heteroatoms. The zero-order chi connectivity index (χ0) is 20.9. The highest BCUT2D eigenvalue weighted by Gasteiger charge is 2.13. The average Bonchev–Trinajstić information content (AvgIpc) is 2.61. The Labute approximate surface area is 164 Å². The molecule has 0 radical (unpaired) electrons. The maximum atomic E-state index is 12.4. The lowest BCUT2D eigenvalue weighted by Gasteiger charge is -2.12. The molecule has 146 valence electrons. The zero-order valence-corrected chi connectivity index (χ0v) is 16.7. The quantitative estimate of drug-likeness (QED) is 0.509. The van der Waals surface area contributed by atoms with Crippen molar-refractivity contribution >= 4 is 21.6 Å². The Hall–Kier alpha value is -3.15. The van der Waals surface area contributed by atoms with Gasteiger partial charge in [0.2, 0.25) is 10.0 Å². The fourth-order valence-corrected chi connectivity index (χ4v) is 3.29. The van der Waals surface area contributed by atoms with Crippen LogP contribution in [0, 0.1) is 32.1 Å². The Bertz CT molecular complexity index is 1040. The summed E-state index contributed by atoms with van der Waals surface area (Å²) in [5.74, 6) is -0.505. The number of carbonyl (C=O) groups is 1. The van der Waals surface area contributed by atoms with Gasteiger partial charge in [-0.25, -0.2) is 13.6 Å². The summed E-state index contributed by atoms with van der Waals surface area (Å²) in [5, 5.41) is 20.0. The standard InChI is InChI=1S/C20H22N4O3S/c1-13-8-14(2)19(15(3)9-13)24-20(25)17(10-21)12-23-11-16-4-6-18(7-5-16)28(22,26)27/h4-9,12,23H,11H2,1-3H3,(H,24,25)(H2,22,26,27)/b17-12-. The summed E-state index contributed by atoms with van der Waals surface area (Å²) < 4.78 is 22.5. The molecule has 0 saturated heterocycles.